The van der Waals surface area contributed by atoms with E-state index in [1.807, 2.05) is 0 Å². The third kappa shape index (κ3) is 0.946. The van der Waals surface area contributed by atoms with Crippen LogP contribution in [0.25, 0.3) is 0 Å². The fourth-order valence-corrected chi connectivity index (χ4v) is 2.65. The average Bonchev–Trinajstić information content (AvgIpc) is 2.21. The van der Waals surface area contributed by atoms with Crippen molar-refractivity contribution in [3.05, 3.63) is 0 Å². The molecule has 1 aliphatic heterocycles. The Labute approximate surface area is 73.9 Å². The predicted octanol–water partition coefficient (Wildman–Crippen LogP) is 1.09. The van der Waals surface area contributed by atoms with E-state index in [0.29, 0.717) is 21.8 Å². The van der Waals surface area contributed by atoms with Crippen LogP contribution in [0.5, 0.6) is 0 Å². The summed E-state index contributed by atoms with van der Waals surface area (Å²) in [5.41, 5.74) is 0. The Balaban J connectivity index is 2.15. The minimum atomic E-state index is 0.296. The molecule has 0 aromatic heterocycles. The highest BCUT2D eigenvalue weighted by Gasteiger charge is 2.39. The van der Waals surface area contributed by atoms with Crippen LogP contribution in [0.4, 0.5) is 0 Å². The van der Waals surface area contributed by atoms with Gasteiger partial charge in [0.25, 0.3) is 0 Å². The van der Waals surface area contributed by atoms with Gasteiger partial charge in [-0.15, -0.1) is 0 Å². The average molecular weight is 251 g/mol. The summed E-state index contributed by atoms with van der Waals surface area (Å²) in [7, 11) is 0. The molecule has 0 spiro atoms. The van der Waals surface area contributed by atoms with Crippen molar-refractivity contribution in [2.45, 2.75) is 29.2 Å². The van der Waals surface area contributed by atoms with Gasteiger partial charge in [0.1, 0.15) is 0 Å². The van der Waals surface area contributed by atoms with Crippen LogP contribution in [-0.4, -0.2) is 15.9 Å². The molecule has 1 amide bonds. The van der Waals surface area contributed by atoms with Crippen molar-refractivity contribution in [3.8, 4) is 0 Å². The Hall–Kier alpha value is 0.200. The molecule has 1 N–H and O–H groups in total. The number of carbonyl (C=O) groups excluding carboxylic acids is 1. The molecule has 2 aliphatic rings. The summed E-state index contributed by atoms with van der Waals surface area (Å²) in [5.74, 6) is 0.653. The van der Waals surface area contributed by atoms with Crippen molar-refractivity contribution in [3.63, 3.8) is 0 Å². The molecule has 1 unspecified atom stereocenters. The van der Waals surface area contributed by atoms with Crippen LogP contribution in [0.3, 0.4) is 0 Å². The van der Waals surface area contributed by atoms with E-state index >= 15 is 0 Å². The molecule has 0 radical (unpaired) electrons. The van der Waals surface area contributed by atoms with Gasteiger partial charge in [0.15, 0.2) is 0 Å². The van der Waals surface area contributed by atoms with E-state index in [1.165, 1.54) is 6.42 Å². The maximum atomic E-state index is 11.1. The first-order valence-electron chi connectivity index (χ1n) is 3.72. The van der Waals surface area contributed by atoms with Crippen LogP contribution in [0.1, 0.15) is 19.3 Å². The maximum absolute atomic E-state index is 11.1. The van der Waals surface area contributed by atoms with Crippen LogP contribution >= 0.6 is 22.6 Å². The molecule has 3 atom stereocenters. The summed E-state index contributed by atoms with van der Waals surface area (Å²) in [6, 6.07) is 0.492. The first-order valence-corrected chi connectivity index (χ1v) is 4.96. The van der Waals surface area contributed by atoms with Crippen molar-refractivity contribution in [2.24, 2.45) is 5.92 Å². The van der Waals surface area contributed by atoms with Gasteiger partial charge < -0.3 is 5.32 Å². The lowest BCUT2D eigenvalue weighted by molar-refractivity contribution is -0.122. The Morgan fingerprint density at radius 1 is 1.50 bits per heavy atom. The summed E-state index contributed by atoms with van der Waals surface area (Å²) in [5, 5.41) is 3.02. The Morgan fingerprint density at radius 2 is 2.30 bits per heavy atom. The molecule has 1 saturated heterocycles. The fraction of sp³-hybridized carbons (Fsp3) is 0.857. The molecule has 10 heavy (non-hydrogen) atoms. The second-order valence-corrected chi connectivity index (χ2v) is 4.74. The zero-order chi connectivity index (χ0) is 7.14. The van der Waals surface area contributed by atoms with E-state index in [-0.39, 0.29) is 0 Å². The number of rotatable bonds is 0. The number of hydrogen-bond donors (Lipinski definition) is 1. The van der Waals surface area contributed by atoms with Crippen molar-refractivity contribution < 1.29 is 4.79 Å². The molecular weight excluding hydrogens is 241 g/mol. The summed E-state index contributed by atoms with van der Waals surface area (Å²) in [4.78, 5) is 11.1. The molecule has 2 bridgehead atoms. The zero-order valence-electron chi connectivity index (χ0n) is 5.64. The van der Waals surface area contributed by atoms with E-state index in [2.05, 4.69) is 27.9 Å². The van der Waals surface area contributed by atoms with E-state index in [0.717, 1.165) is 12.8 Å². The third-order valence-corrected chi connectivity index (χ3v) is 3.96. The highest BCUT2D eigenvalue weighted by molar-refractivity contribution is 14.1. The van der Waals surface area contributed by atoms with Gasteiger partial charge in [-0.3, -0.25) is 4.79 Å². The van der Waals surface area contributed by atoms with E-state index < -0.39 is 0 Å². The summed E-state index contributed by atoms with van der Waals surface area (Å²) in [6.45, 7) is 0. The number of fused-ring (bicyclic) bond motifs is 2. The standard InChI is InChI=1S/C7H10INO/c8-5-2-1-4-3-6(5)9-7(4)10/h4-6H,1-3H2,(H,9,10)/t4-,5?,6-/m0/s1. The molecule has 1 heterocycles. The molecule has 0 aromatic carbocycles. The molecule has 56 valence electrons. The summed E-state index contributed by atoms with van der Waals surface area (Å²) >= 11 is 2.44. The number of halogens is 1. The van der Waals surface area contributed by atoms with Crippen molar-refractivity contribution >= 4 is 28.5 Å². The van der Waals surface area contributed by atoms with E-state index in [9.17, 15) is 4.79 Å². The van der Waals surface area contributed by atoms with E-state index in [1.54, 1.807) is 0 Å². The molecule has 1 aliphatic carbocycles. The van der Waals surface area contributed by atoms with Crippen molar-refractivity contribution in [1.29, 1.82) is 0 Å². The number of hydrogen-bond acceptors (Lipinski definition) is 1. The number of amides is 1. The van der Waals surface area contributed by atoms with Crippen LogP contribution in [0.2, 0.25) is 0 Å². The first kappa shape index (κ1) is 6.88. The van der Waals surface area contributed by atoms with Crippen LogP contribution in [0, 0.1) is 5.92 Å². The van der Waals surface area contributed by atoms with Gasteiger partial charge in [0, 0.05) is 15.9 Å². The minimum Gasteiger partial charge on any atom is -0.352 e. The fourth-order valence-electron chi connectivity index (χ4n) is 1.82. The van der Waals surface area contributed by atoms with Crippen molar-refractivity contribution in [1.82, 2.24) is 5.32 Å². The zero-order valence-corrected chi connectivity index (χ0v) is 7.80. The Morgan fingerprint density at radius 3 is 3.00 bits per heavy atom. The van der Waals surface area contributed by atoms with Gasteiger partial charge in [-0.1, -0.05) is 22.6 Å². The predicted molar refractivity (Wildman–Crippen MR) is 47.1 cm³/mol. The molecular formula is C7H10INO. The Kier molecular flexibility index (Phi) is 1.62. The monoisotopic (exact) mass is 251 g/mol. The van der Waals surface area contributed by atoms with Crippen molar-refractivity contribution in [2.75, 3.05) is 0 Å². The lowest BCUT2D eigenvalue weighted by atomic mass is 9.90. The topological polar surface area (TPSA) is 29.1 Å². The maximum Gasteiger partial charge on any atom is 0.223 e. The Bertz CT molecular complexity index is 171. The van der Waals surface area contributed by atoms with Gasteiger partial charge in [-0.25, -0.2) is 0 Å². The molecule has 1 saturated carbocycles. The number of alkyl halides is 1. The first-order chi connectivity index (χ1) is 4.77. The van der Waals surface area contributed by atoms with Crippen LogP contribution in [-0.2, 0) is 4.79 Å². The largest absolute Gasteiger partial charge is 0.352 e. The molecule has 2 rings (SSSR count). The smallest absolute Gasteiger partial charge is 0.223 e. The van der Waals surface area contributed by atoms with E-state index in [4.69, 9.17) is 0 Å². The van der Waals surface area contributed by atoms with Gasteiger partial charge in [-0.05, 0) is 19.3 Å². The second kappa shape index (κ2) is 2.36. The molecule has 2 fully saturated rings. The second-order valence-electron chi connectivity index (χ2n) is 3.14. The van der Waals surface area contributed by atoms with Gasteiger partial charge in [-0.2, -0.15) is 0 Å². The van der Waals surface area contributed by atoms with Gasteiger partial charge >= 0.3 is 0 Å². The normalized spacial score (nSPS) is 45.3. The SMILES string of the molecule is O=C1N[C@H]2C[C@@H]1CCC2I. The lowest BCUT2D eigenvalue weighted by Gasteiger charge is -2.21. The van der Waals surface area contributed by atoms with Gasteiger partial charge in [0.05, 0.1) is 0 Å². The number of nitrogens with one attached hydrogen (secondary N) is 1. The quantitative estimate of drug-likeness (QED) is 0.506. The lowest BCUT2D eigenvalue weighted by Crippen LogP contribution is -2.32. The molecule has 0 aromatic rings. The van der Waals surface area contributed by atoms with Crippen LogP contribution < -0.4 is 5.32 Å². The summed E-state index contributed by atoms with van der Waals surface area (Å²) < 4.78 is 0.681. The van der Waals surface area contributed by atoms with Crippen LogP contribution in [0.15, 0.2) is 0 Å². The third-order valence-electron chi connectivity index (χ3n) is 2.46. The highest BCUT2D eigenvalue weighted by Crippen LogP contribution is 2.33. The minimum absolute atomic E-state index is 0.296. The molecule has 2 nitrogen and oxygen atoms in total. The highest BCUT2D eigenvalue weighted by atomic mass is 127. The number of carbonyl (C=O) groups is 1. The molecule has 3 heteroatoms. The summed E-state index contributed by atoms with van der Waals surface area (Å²) in [6.07, 6.45) is 3.41. The van der Waals surface area contributed by atoms with Gasteiger partial charge in [0.2, 0.25) is 5.91 Å².